The van der Waals surface area contributed by atoms with Gasteiger partial charge in [-0.15, -0.1) is 8.96 Å². The van der Waals surface area contributed by atoms with Crippen molar-refractivity contribution in [3.63, 3.8) is 0 Å². The maximum atomic E-state index is 11.8. The molecule has 0 radical (unpaired) electrons. The van der Waals surface area contributed by atoms with Gasteiger partial charge in [-0.3, -0.25) is 4.98 Å². The summed E-state index contributed by atoms with van der Waals surface area (Å²) in [7, 11) is 0. The van der Waals surface area contributed by atoms with E-state index in [4.69, 9.17) is 0 Å². The summed E-state index contributed by atoms with van der Waals surface area (Å²) in [6, 6.07) is 4.39. The topological polar surface area (TPSA) is 28.2 Å². The number of pyridine rings is 1. The molecule has 5 heteroatoms. The highest BCUT2D eigenvalue weighted by Gasteiger charge is 2.20. The Bertz CT molecular complexity index is 371. The predicted octanol–water partition coefficient (Wildman–Crippen LogP) is 2.90. The third kappa shape index (κ3) is 3.71. The van der Waals surface area contributed by atoms with Gasteiger partial charge in [0, 0.05) is 17.6 Å². The first-order chi connectivity index (χ1) is 8.77. The van der Waals surface area contributed by atoms with E-state index < -0.39 is 5.34 Å². The lowest BCUT2D eigenvalue weighted by Gasteiger charge is -2.25. The summed E-state index contributed by atoms with van der Waals surface area (Å²) < 4.78 is 23.6. The van der Waals surface area contributed by atoms with Gasteiger partial charge in [0.2, 0.25) is 0 Å². The van der Waals surface area contributed by atoms with Gasteiger partial charge in [-0.2, -0.15) is 0 Å². The van der Waals surface area contributed by atoms with Crippen LogP contribution in [0.4, 0.5) is 8.96 Å². The third-order valence-electron chi connectivity index (χ3n) is 3.34. The zero-order valence-corrected chi connectivity index (χ0v) is 10.4. The molecule has 0 saturated carbocycles. The van der Waals surface area contributed by atoms with E-state index in [0.29, 0.717) is 12.5 Å². The van der Waals surface area contributed by atoms with Crippen LogP contribution in [0.5, 0.6) is 0 Å². The van der Waals surface area contributed by atoms with Gasteiger partial charge in [0.15, 0.2) is 0 Å². The Labute approximate surface area is 106 Å². The van der Waals surface area contributed by atoms with Crippen LogP contribution in [-0.2, 0) is 6.42 Å². The molecule has 3 nitrogen and oxygen atoms in total. The van der Waals surface area contributed by atoms with Crippen LogP contribution in [0.1, 0.15) is 43.0 Å². The number of aromatic nitrogens is 1. The standard InChI is InChI=1S/C13H19F2N3/c14-18(15)10-2-1-8-16-12-7-3-5-11-6-4-9-17-13(11)12/h4,6,9,12,16H,1-3,5,7-8,10H2. The lowest BCUT2D eigenvalue weighted by molar-refractivity contribution is -0.153. The van der Waals surface area contributed by atoms with E-state index in [1.165, 1.54) is 12.0 Å². The Kier molecular flexibility index (Phi) is 5.01. The molecule has 0 aliphatic heterocycles. The molecule has 0 bridgehead atoms. The molecule has 1 aromatic rings. The van der Waals surface area contributed by atoms with Crippen LogP contribution in [0.3, 0.4) is 0 Å². The van der Waals surface area contributed by atoms with E-state index in [1.54, 1.807) is 0 Å². The first-order valence-electron chi connectivity index (χ1n) is 6.53. The van der Waals surface area contributed by atoms with E-state index in [9.17, 15) is 8.96 Å². The molecule has 1 heterocycles. The minimum Gasteiger partial charge on any atom is -0.309 e. The first-order valence-corrected chi connectivity index (χ1v) is 6.53. The molecule has 0 fully saturated rings. The largest absolute Gasteiger partial charge is 0.309 e. The number of unbranched alkanes of at least 4 members (excludes halogenated alkanes) is 1. The summed E-state index contributed by atoms with van der Waals surface area (Å²) in [5.74, 6) is 0. The SMILES string of the molecule is FN(F)CCCCNC1CCCc2cccnc21. The summed E-state index contributed by atoms with van der Waals surface area (Å²) in [6.45, 7) is 0.621. The average Bonchev–Trinajstić information content (AvgIpc) is 2.38. The Hall–Kier alpha value is -1.07. The lowest BCUT2D eigenvalue weighted by Crippen LogP contribution is -2.27. The fourth-order valence-corrected chi connectivity index (χ4v) is 2.44. The molecule has 0 saturated heterocycles. The van der Waals surface area contributed by atoms with Crippen LogP contribution in [0.2, 0.25) is 0 Å². The van der Waals surface area contributed by atoms with Crippen molar-refractivity contribution >= 4 is 0 Å². The second-order valence-electron chi connectivity index (χ2n) is 4.68. The Morgan fingerprint density at radius 2 is 2.28 bits per heavy atom. The van der Waals surface area contributed by atoms with Crippen molar-refractivity contribution in [2.75, 3.05) is 13.1 Å². The second kappa shape index (κ2) is 6.75. The molecule has 0 aromatic carbocycles. The quantitative estimate of drug-likeness (QED) is 0.626. The van der Waals surface area contributed by atoms with Crippen LogP contribution in [0, 0.1) is 0 Å². The number of nitrogens with zero attached hydrogens (tertiary/aromatic N) is 2. The van der Waals surface area contributed by atoms with E-state index in [0.717, 1.165) is 31.5 Å². The maximum Gasteiger partial charge on any atom is 0.0620 e. The number of aryl methyl sites for hydroxylation is 1. The fourth-order valence-electron chi connectivity index (χ4n) is 2.44. The van der Waals surface area contributed by atoms with Crippen LogP contribution >= 0.6 is 0 Å². The van der Waals surface area contributed by atoms with E-state index in [1.807, 2.05) is 12.3 Å². The molecule has 100 valence electrons. The number of hydrogen-bond donors (Lipinski definition) is 1. The number of halogens is 2. The van der Waals surface area contributed by atoms with Crippen LogP contribution in [0.25, 0.3) is 0 Å². The van der Waals surface area contributed by atoms with Crippen molar-refractivity contribution < 1.29 is 8.96 Å². The summed E-state index contributed by atoms with van der Waals surface area (Å²) in [5, 5.41) is 2.67. The number of nitrogens with one attached hydrogen (secondary N) is 1. The third-order valence-corrected chi connectivity index (χ3v) is 3.34. The number of fused-ring (bicyclic) bond motifs is 1. The van der Waals surface area contributed by atoms with Crippen LogP contribution in [0.15, 0.2) is 18.3 Å². The molecule has 0 spiro atoms. The van der Waals surface area contributed by atoms with Gasteiger partial charge in [-0.25, -0.2) is 0 Å². The summed E-state index contributed by atoms with van der Waals surface area (Å²) >= 11 is 0. The normalized spacial score (nSPS) is 18.9. The van der Waals surface area contributed by atoms with Crippen molar-refractivity contribution in [3.05, 3.63) is 29.6 Å². The van der Waals surface area contributed by atoms with E-state index in [2.05, 4.69) is 16.4 Å². The molecule has 1 N–H and O–H groups in total. The van der Waals surface area contributed by atoms with Crippen LogP contribution < -0.4 is 5.32 Å². The molecular weight excluding hydrogens is 236 g/mol. The highest BCUT2D eigenvalue weighted by atomic mass is 19.4. The van der Waals surface area contributed by atoms with Gasteiger partial charge in [-0.05, 0) is 50.3 Å². The molecule has 1 aliphatic rings. The van der Waals surface area contributed by atoms with E-state index >= 15 is 0 Å². The summed E-state index contributed by atoms with van der Waals surface area (Å²) in [6.07, 6.45) is 6.45. The van der Waals surface area contributed by atoms with Crippen LogP contribution in [-0.4, -0.2) is 23.4 Å². The molecule has 1 atom stereocenters. The van der Waals surface area contributed by atoms with Gasteiger partial charge in [0.25, 0.3) is 0 Å². The zero-order valence-electron chi connectivity index (χ0n) is 10.4. The van der Waals surface area contributed by atoms with Gasteiger partial charge >= 0.3 is 0 Å². The maximum absolute atomic E-state index is 11.8. The summed E-state index contributed by atoms with van der Waals surface area (Å²) in [5.41, 5.74) is 2.46. The van der Waals surface area contributed by atoms with Crippen molar-refractivity contribution in [1.82, 2.24) is 15.6 Å². The molecule has 2 rings (SSSR count). The Morgan fingerprint density at radius 1 is 1.39 bits per heavy atom. The summed E-state index contributed by atoms with van der Waals surface area (Å²) in [4.78, 5) is 4.44. The molecule has 1 unspecified atom stereocenters. The highest BCUT2D eigenvalue weighted by molar-refractivity contribution is 5.25. The first kappa shape index (κ1) is 13.4. The Morgan fingerprint density at radius 3 is 3.11 bits per heavy atom. The fraction of sp³-hybridized carbons (Fsp3) is 0.615. The molecule has 0 amide bonds. The van der Waals surface area contributed by atoms with Crippen molar-refractivity contribution in [3.8, 4) is 0 Å². The lowest BCUT2D eigenvalue weighted by atomic mass is 9.92. The van der Waals surface area contributed by atoms with Gasteiger partial charge in [-0.1, -0.05) is 6.07 Å². The molecule has 1 aromatic heterocycles. The van der Waals surface area contributed by atoms with Crippen molar-refractivity contribution in [2.45, 2.75) is 38.1 Å². The number of rotatable bonds is 6. The van der Waals surface area contributed by atoms with Gasteiger partial charge in [0.05, 0.1) is 12.2 Å². The molecule has 18 heavy (non-hydrogen) atoms. The average molecular weight is 255 g/mol. The second-order valence-corrected chi connectivity index (χ2v) is 4.68. The monoisotopic (exact) mass is 255 g/mol. The predicted molar refractivity (Wildman–Crippen MR) is 66.1 cm³/mol. The van der Waals surface area contributed by atoms with Gasteiger partial charge < -0.3 is 5.32 Å². The molecule has 1 aliphatic carbocycles. The van der Waals surface area contributed by atoms with Crippen molar-refractivity contribution in [2.24, 2.45) is 0 Å². The Balaban J connectivity index is 1.77. The minimum atomic E-state index is -0.753. The minimum absolute atomic E-state index is 0.152. The zero-order chi connectivity index (χ0) is 12.8. The van der Waals surface area contributed by atoms with Gasteiger partial charge in [0.1, 0.15) is 0 Å². The van der Waals surface area contributed by atoms with E-state index in [-0.39, 0.29) is 6.54 Å². The highest BCUT2D eigenvalue weighted by Crippen LogP contribution is 2.27. The van der Waals surface area contributed by atoms with Crippen molar-refractivity contribution in [1.29, 1.82) is 0 Å². The smallest absolute Gasteiger partial charge is 0.0620 e. The molecular formula is C13H19F2N3. The number of hydrogen-bond acceptors (Lipinski definition) is 3.